The lowest BCUT2D eigenvalue weighted by Gasteiger charge is -2.30. The van der Waals surface area contributed by atoms with Gasteiger partial charge in [-0.05, 0) is 51.0 Å². The number of halogens is 2. The number of hydrogen-bond acceptors (Lipinski definition) is 5. The number of nitrogens with one attached hydrogen (secondary N) is 1. The number of anilines is 1. The van der Waals surface area contributed by atoms with E-state index in [0.717, 1.165) is 3.79 Å². The van der Waals surface area contributed by atoms with E-state index in [1.807, 2.05) is 12.1 Å². The van der Waals surface area contributed by atoms with Crippen LogP contribution < -0.4 is 5.32 Å². The van der Waals surface area contributed by atoms with Gasteiger partial charge >= 0.3 is 0 Å². The maximum absolute atomic E-state index is 14.2. The van der Waals surface area contributed by atoms with Gasteiger partial charge in [0.2, 0.25) is 5.95 Å². The average molecular weight is 380 g/mol. The summed E-state index contributed by atoms with van der Waals surface area (Å²) in [4.78, 5) is 1.17. The van der Waals surface area contributed by atoms with Gasteiger partial charge in [0.1, 0.15) is 5.82 Å². The molecule has 3 aromatic rings. The van der Waals surface area contributed by atoms with Crippen LogP contribution >= 0.6 is 27.3 Å². The molecule has 0 radical (unpaired) electrons. The second kappa shape index (κ2) is 5.44. The van der Waals surface area contributed by atoms with Gasteiger partial charge in [0.15, 0.2) is 0 Å². The molecule has 2 atom stereocenters. The summed E-state index contributed by atoms with van der Waals surface area (Å²) in [6, 6.07) is 10.7. The van der Waals surface area contributed by atoms with E-state index < -0.39 is 0 Å². The van der Waals surface area contributed by atoms with Crippen LogP contribution in [0.5, 0.6) is 0 Å². The van der Waals surface area contributed by atoms with E-state index >= 15 is 0 Å². The van der Waals surface area contributed by atoms with Crippen molar-refractivity contribution in [2.75, 3.05) is 5.32 Å². The lowest BCUT2D eigenvalue weighted by molar-refractivity contribution is 0.411. The highest BCUT2D eigenvalue weighted by Crippen LogP contribution is 2.40. The molecule has 0 bridgehead atoms. The Labute approximate surface area is 138 Å². The average Bonchev–Trinajstić information content (AvgIpc) is 3.15. The third-order valence-corrected chi connectivity index (χ3v) is 5.49. The minimum atomic E-state index is -0.234. The van der Waals surface area contributed by atoms with Gasteiger partial charge in [0.25, 0.3) is 0 Å². The summed E-state index contributed by atoms with van der Waals surface area (Å²) in [5.74, 6) is 0.330. The molecule has 0 saturated carbocycles. The van der Waals surface area contributed by atoms with Crippen LogP contribution in [0.4, 0.5) is 10.3 Å². The zero-order chi connectivity index (χ0) is 15.1. The zero-order valence-corrected chi connectivity index (χ0v) is 13.7. The first-order chi connectivity index (χ1) is 10.7. The lowest BCUT2D eigenvalue weighted by atomic mass is 9.96. The smallest absolute Gasteiger partial charge is 0.244 e. The highest BCUT2D eigenvalue weighted by molar-refractivity contribution is 9.11. The fourth-order valence-electron chi connectivity index (χ4n) is 2.74. The maximum atomic E-state index is 14.2. The van der Waals surface area contributed by atoms with Gasteiger partial charge < -0.3 is 5.32 Å². The Hall–Kier alpha value is -1.80. The molecule has 8 heteroatoms. The van der Waals surface area contributed by atoms with Crippen molar-refractivity contribution in [1.82, 2.24) is 20.2 Å². The minimum absolute atomic E-state index is 0.0550. The first kappa shape index (κ1) is 13.8. The largest absolute Gasteiger partial charge is 0.345 e. The predicted molar refractivity (Wildman–Crippen MR) is 85.4 cm³/mol. The molecule has 1 aromatic carbocycles. The third-order valence-electron chi connectivity index (χ3n) is 3.75. The molecule has 4 rings (SSSR count). The van der Waals surface area contributed by atoms with Gasteiger partial charge in [-0.1, -0.05) is 23.3 Å². The Morgan fingerprint density at radius 3 is 2.91 bits per heavy atom. The lowest BCUT2D eigenvalue weighted by Crippen LogP contribution is -2.28. The Bertz CT molecular complexity index is 817. The molecule has 1 aliphatic rings. The van der Waals surface area contributed by atoms with Crippen molar-refractivity contribution in [2.45, 2.75) is 18.5 Å². The molecule has 22 heavy (non-hydrogen) atoms. The first-order valence-electron chi connectivity index (χ1n) is 6.76. The van der Waals surface area contributed by atoms with Crippen molar-refractivity contribution in [2.24, 2.45) is 0 Å². The van der Waals surface area contributed by atoms with Crippen LogP contribution in [0.2, 0.25) is 0 Å². The molecule has 2 unspecified atom stereocenters. The number of benzene rings is 1. The van der Waals surface area contributed by atoms with Crippen LogP contribution in [0, 0.1) is 5.82 Å². The molecule has 2 aromatic heterocycles. The number of hydrogen-bond donors (Lipinski definition) is 1. The Morgan fingerprint density at radius 2 is 2.14 bits per heavy atom. The maximum Gasteiger partial charge on any atom is 0.244 e. The summed E-state index contributed by atoms with van der Waals surface area (Å²) in [5, 5.41) is 15.0. The van der Waals surface area contributed by atoms with Crippen molar-refractivity contribution < 1.29 is 4.39 Å². The van der Waals surface area contributed by atoms with Crippen LogP contribution in [0.3, 0.4) is 0 Å². The molecule has 0 fully saturated rings. The van der Waals surface area contributed by atoms with Crippen LogP contribution in [0.1, 0.15) is 28.9 Å². The Morgan fingerprint density at radius 1 is 1.27 bits per heavy atom. The van der Waals surface area contributed by atoms with Gasteiger partial charge in [-0.25, -0.2) is 9.07 Å². The van der Waals surface area contributed by atoms with Crippen LogP contribution in [-0.4, -0.2) is 20.2 Å². The molecule has 0 aliphatic carbocycles. The van der Waals surface area contributed by atoms with Crippen molar-refractivity contribution in [3.8, 4) is 0 Å². The number of aromatic nitrogens is 4. The first-order valence-corrected chi connectivity index (χ1v) is 8.37. The summed E-state index contributed by atoms with van der Waals surface area (Å²) >= 11 is 5.14. The molecule has 3 heterocycles. The topological polar surface area (TPSA) is 55.6 Å². The van der Waals surface area contributed by atoms with Crippen LogP contribution in [0.15, 0.2) is 40.2 Å². The number of thiophene rings is 1. The van der Waals surface area contributed by atoms with Gasteiger partial charge in [0, 0.05) is 10.4 Å². The standard InChI is InChI=1S/C14H11BrFN5S/c15-13-6-5-12(22-13)10-7-11(8-3-1-2-4-9(8)16)21-14(17-10)18-19-20-21/h1-6,10-11H,7H2,(H,17,18,20). The fourth-order valence-corrected chi connectivity index (χ4v) is 4.23. The highest BCUT2D eigenvalue weighted by Gasteiger charge is 2.32. The fraction of sp³-hybridized carbons (Fsp3) is 0.214. The molecule has 0 saturated heterocycles. The van der Waals surface area contributed by atoms with Crippen LogP contribution in [0.25, 0.3) is 0 Å². The SMILES string of the molecule is Fc1ccccc1C1CC(c2ccc(Br)s2)Nc2nnnn21. The van der Waals surface area contributed by atoms with E-state index in [0.29, 0.717) is 17.9 Å². The zero-order valence-electron chi connectivity index (χ0n) is 11.3. The van der Waals surface area contributed by atoms with E-state index in [-0.39, 0.29) is 17.9 Å². The van der Waals surface area contributed by atoms with E-state index in [1.165, 1.54) is 10.9 Å². The van der Waals surface area contributed by atoms with Gasteiger partial charge in [-0.2, -0.15) is 0 Å². The van der Waals surface area contributed by atoms with E-state index in [2.05, 4.69) is 42.8 Å². The van der Waals surface area contributed by atoms with Gasteiger partial charge in [-0.3, -0.25) is 0 Å². The number of fused-ring (bicyclic) bond motifs is 1. The summed E-state index contributed by atoms with van der Waals surface area (Å²) < 4.78 is 16.9. The monoisotopic (exact) mass is 379 g/mol. The third kappa shape index (κ3) is 2.32. The summed E-state index contributed by atoms with van der Waals surface area (Å²) in [6.45, 7) is 0. The minimum Gasteiger partial charge on any atom is -0.345 e. The van der Waals surface area contributed by atoms with E-state index in [9.17, 15) is 4.39 Å². The summed E-state index contributed by atoms with van der Waals surface area (Å²) in [5.41, 5.74) is 0.609. The predicted octanol–water partition coefficient (Wildman–Crippen LogP) is 3.78. The van der Waals surface area contributed by atoms with Gasteiger partial charge in [0.05, 0.1) is 15.9 Å². The number of tetrazole rings is 1. The van der Waals surface area contributed by atoms with Gasteiger partial charge in [-0.15, -0.1) is 11.3 Å². The molecule has 112 valence electrons. The van der Waals surface area contributed by atoms with E-state index in [1.54, 1.807) is 28.2 Å². The Kier molecular flexibility index (Phi) is 3.42. The molecular formula is C14H11BrFN5S. The molecule has 0 spiro atoms. The quantitative estimate of drug-likeness (QED) is 0.735. The number of rotatable bonds is 2. The summed E-state index contributed by atoms with van der Waals surface area (Å²) in [6.07, 6.45) is 0.686. The van der Waals surface area contributed by atoms with Crippen molar-refractivity contribution in [3.63, 3.8) is 0 Å². The molecule has 0 amide bonds. The second-order valence-electron chi connectivity index (χ2n) is 5.06. The molecular weight excluding hydrogens is 369 g/mol. The van der Waals surface area contributed by atoms with Crippen molar-refractivity contribution in [3.05, 3.63) is 56.4 Å². The molecule has 5 nitrogen and oxygen atoms in total. The summed E-state index contributed by atoms with van der Waals surface area (Å²) in [7, 11) is 0. The molecule has 1 N–H and O–H groups in total. The van der Waals surface area contributed by atoms with Crippen molar-refractivity contribution in [1.29, 1.82) is 0 Å². The van der Waals surface area contributed by atoms with E-state index in [4.69, 9.17) is 0 Å². The number of nitrogens with zero attached hydrogens (tertiary/aromatic N) is 4. The van der Waals surface area contributed by atoms with Crippen LogP contribution in [-0.2, 0) is 0 Å². The molecule has 1 aliphatic heterocycles. The Balaban J connectivity index is 1.77. The van der Waals surface area contributed by atoms with Crippen molar-refractivity contribution >= 4 is 33.2 Å². The normalized spacial score (nSPS) is 20.5. The highest BCUT2D eigenvalue weighted by atomic mass is 79.9. The second-order valence-corrected chi connectivity index (χ2v) is 7.55.